The van der Waals surface area contributed by atoms with Crippen LogP contribution in [0.5, 0.6) is 5.75 Å². The molecule has 0 amide bonds. The quantitative estimate of drug-likeness (QED) is 0.434. The van der Waals surface area contributed by atoms with Crippen molar-refractivity contribution in [1.82, 2.24) is 0 Å². The topological polar surface area (TPSA) is 219 Å². The zero-order valence-electron chi connectivity index (χ0n) is 13.8. The van der Waals surface area contributed by atoms with Crippen molar-refractivity contribution in [3.8, 4) is 5.75 Å². The van der Waals surface area contributed by atoms with Gasteiger partial charge in [0, 0.05) is 11.6 Å². The van der Waals surface area contributed by atoms with Crippen molar-refractivity contribution < 1.29 is 29.2 Å². The highest BCUT2D eigenvalue weighted by Gasteiger charge is 2.28. The number of nitro groups is 4. The maximum absolute atomic E-state index is 13.2. The zero-order valence-corrected chi connectivity index (χ0v) is 13.8. The number of anilines is 1. The second-order valence-electron chi connectivity index (χ2n) is 4.94. The molecule has 2 aromatic carbocycles. The molecule has 0 heterocycles. The van der Waals surface area contributed by atoms with E-state index in [1.807, 2.05) is 0 Å². The van der Waals surface area contributed by atoms with Crippen LogP contribution in [0.15, 0.2) is 24.3 Å². The van der Waals surface area contributed by atoms with E-state index in [-0.39, 0.29) is 5.56 Å². The fourth-order valence-corrected chi connectivity index (χ4v) is 1.91. The average Bonchev–Trinajstić information content (AvgIpc) is 2.59. The number of phenolic OH excluding ortho intramolecular Hbond substituents is 1. The first-order valence-electron chi connectivity index (χ1n) is 6.88. The van der Waals surface area contributed by atoms with Crippen LogP contribution in [-0.4, -0.2) is 24.8 Å². The molecule has 0 saturated carbocycles. The number of halogens is 1. The van der Waals surface area contributed by atoms with Gasteiger partial charge in [0.1, 0.15) is 5.69 Å². The maximum Gasteiger partial charge on any atom is 0.387 e. The van der Waals surface area contributed by atoms with Gasteiger partial charge >= 0.3 is 17.1 Å². The Bertz CT molecular complexity index is 957. The molecule has 28 heavy (non-hydrogen) atoms. The molecule has 15 heteroatoms. The molecule has 0 fully saturated rings. The van der Waals surface area contributed by atoms with E-state index in [2.05, 4.69) is 0 Å². The number of hydrogen-bond donors (Lipinski definition) is 2. The van der Waals surface area contributed by atoms with E-state index in [0.717, 1.165) is 19.1 Å². The molecule has 148 valence electrons. The Hall–Kier alpha value is -4.43. The number of para-hydroxylation sites is 1. The molecule has 0 aliphatic carbocycles. The summed E-state index contributed by atoms with van der Waals surface area (Å²) >= 11 is 0. The van der Waals surface area contributed by atoms with Crippen molar-refractivity contribution in [2.75, 3.05) is 5.73 Å². The summed E-state index contributed by atoms with van der Waals surface area (Å²) in [6.07, 6.45) is 0. The molecular formula is C13H10FN5O9. The number of rotatable bonds is 4. The van der Waals surface area contributed by atoms with E-state index in [1.165, 1.54) is 6.07 Å². The van der Waals surface area contributed by atoms with Crippen LogP contribution in [-0.2, 0) is 0 Å². The molecule has 0 unspecified atom stereocenters. The maximum atomic E-state index is 13.2. The van der Waals surface area contributed by atoms with Crippen LogP contribution >= 0.6 is 0 Å². The SMILES string of the molecule is Cc1c(N)c([N+](=O)[O-])cc([N+](=O)[O-])c1F.O=[N+]([O-])c1cccc(O)c1[N+](=O)[O-]. The first-order valence-corrected chi connectivity index (χ1v) is 6.88. The van der Waals surface area contributed by atoms with E-state index in [0.29, 0.717) is 6.07 Å². The number of benzene rings is 2. The van der Waals surface area contributed by atoms with Crippen molar-refractivity contribution in [2.45, 2.75) is 6.92 Å². The highest BCUT2D eigenvalue weighted by Crippen LogP contribution is 2.35. The van der Waals surface area contributed by atoms with Gasteiger partial charge in [-0.25, -0.2) is 0 Å². The molecular weight excluding hydrogens is 389 g/mol. The van der Waals surface area contributed by atoms with Crippen molar-refractivity contribution in [1.29, 1.82) is 0 Å². The summed E-state index contributed by atoms with van der Waals surface area (Å²) in [6.45, 7) is 1.14. The second-order valence-corrected chi connectivity index (χ2v) is 4.94. The number of aromatic hydroxyl groups is 1. The number of phenols is 1. The van der Waals surface area contributed by atoms with Crippen LogP contribution in [0.4, 0.5) is 32.8 Å². The monoisotopic (exact) mass is 399 g/mol. The lowest BCUT2D eigenvalue weighted by atomic mass is 10.1. The number of nitrogens with two attached hydrogens (primary N) is 1. The Morgan fingerprint density at radius 1 is 0.893 bits per heavy atom. The lowest BCUT2D eigenvalue weighted by molar-refractivity contribution is -0.423. The van der Waals surface area contributed by atoms with Gasteiger partial charge in [0.15, 0.2) is 0 Å². The first kappa shape index (κ1) is 21.6. The standard InChI is InChI=1S/C7H6FN3O4.C6H4N2O5/c1-3-6(8)4(10(12)13)2-5(7(3)9)11(14)15;9-5-3-1-2-4(7(10)11)6(5)8(12)13/h2H,9H2,1H3;1-3,9H. The minimum absolute atomic E-state index is 0.295. The van der Waals surface area contributed by atoms with Gasteiger partial charge < -0.3 is 10.8 Å². The van der Waals surface area contributed by atoms with Crippen LogP contribution in [0, 0.1) is 53.2 Å². The predicted octanol–water partition coefficient (Wildman–Crippen LogP) is 2.74. The summed E-state index contributed by atoms with van der Waals surface area (Å²) in [7, 11) is 0. The third kappa shape index (κ3) is 4.40. The average molecular weight is 399 g/mol. The van der Waals surface area contributed by atoms with Gasteiger partial charge in [-0.3, -0.25) is 40.5 Å². The Balaban J connectivity index is 0.000000283. The Morgan fingerprint density at radius 3 is 1.79 bits per heavy atom. The summed E-state index contributed by atoms with van der Waals surface area (Å²) in [4.78, 5) is 37.5. The van der Waals surface area contributed by atoms with Gasteiger partial charge in [-0.15, -0.1) is 0 Å². The second kappa shape index (κ2) is 8.30. The van der Waals surface area contributed by atoms with Crippen LogP contribution in [0.1, 0.15) is 5.56 Å². The third-order valence-electron chi connectivity index (χ3n) is 3.27. The van der Waals surface area contributed by atoms with E-state index in [9.17, 15) is 44.8 Å². The summed E-state index contributed by atoms with van der Waals surface area (Å²) in [5.41, 5.74) is 1.34. The number of nitro benzene ring substituents is 4. The first-order chi connectivity index (χ1) is 12.9. The Kier molecular flexibility index (Phi) is 6.41. The van der Waals surface area contributed by atoms with Gasteiger partial charge in [-0.05, 0) is 13.0 Å². The van der Waals surface area contributed by atoms with Crippen LogP contribution in [0.2, 0.25) is 0 Å². The number of nitrogens with zero attached hydrogens (tertiary/aromatic N) is 4. The Labute approximate surface area is 153 Å². The predicted molar refractivity (Wildman–Crippen MR) is 90.3 cm³/mol. The number of nitrogen functional groups attached to an aromatic ring is 1. The molecule has 0 spiro atoms. The summed E-state index contributed by atoms with van der Waals surface area (Å²) < 4.78 is 13.2. The van der Waals surface area contributed by atoms with Crippen LogP contribution in [0.25, 0.3) is 0 Å². The van der Waals surface area contributed by atoms with E-state index < -0.39 is 59.7 Å². The van der Waals surface area contributed by atoms with Gasteiger partial charge in [-0.2, -0.15) is 4.39 Å². The van der Waals surface area contributed by atoms with Crippen molar-refractivity contribution in [3.05, 3.63) is 76.1 Å². The molecule has 0 bridgehead atoms. The third-order valence-corrected chi connectivity index (χ3v) is 3.27. The normalized spacial score (nSPS) is 9.79. The summed E-state index contributed by atoms with van der Waals surface area (Å²) in [5, 5.41) is 50.3. The van der Waals surface area contributed by atoms with Gasteiger partial charge in [-0.1, -0.05) is 6.07 Å². The molecule has 14 nitrogen and oxygen atoms in total. The van der Waals surface area contributed by atoms with Gasteiger partial charge in [0.2, 0.25) is 11.6 Å². The molecule has 2 aromatic rings. The molecule has 0 radical (unpaired) electrons. The number of hydrogen-bond acceptors (Lipinski definition) is 10. The van der Waals surface area contributed by atoms with E-state index in [1.54, 1.807) is 0 Å². The molecule has 0 aromatic heterocycles. The molecule has 0 atom stereocenters. The Morgan fingerprint density at radius 2 is 1.39 bits per heavy atom. The van der Waals surface area contributed by atoms with Crippen molar-refractivity contribution >= 4 is 28.4 Å². The van der Waals surface area contributed by atoms with Gasteiger partial charge in [0.05, 0.1) is 25.8 Å². The lowest BCUT2D eigenvalue weighted by Gasteiger charge is -2.03. The van der Waals surface area contributed by atoms with Crippen LogP contribution in [0.3, 0.4) is 0 Å². The zero-order chi connectivity index (χ0) is 21.8. The van der Waals surface area contributed by atoms with E-state index >= 15 is 0 Å². The van der Waals surface area contributed by atoms with Crippen molar-refractivity contribution in [2.24, 2.45) is 0 Å². The fourth-order valence-electron chi connectivity index (χ4n) is 1.91. The summed E-state index contributed by atoms with van der Waals surface area (Å²) in [6, 6.07) is 3.65. The summed E-state index contributed by atoms with van der Waals surface area (Å²) in [5.74, 6) is -1.86. The smallest absolute Gasteiger partial charge is 0.387 e. The highest BCUT2D eigenvalue weighted by atomic mass is 19.1. The fraction of sp³-hybridized carbons (Fsp3) is 0.0769. The molecule has 0 aliphatic heterocycles. The minimum atomic E-state index is -1.15. The lowest BCUT2D eigenvalue weighted by Crippen LogP contribution is -2.03. The highest BCUT2D eigenvalue weighted by molar-refractivity contribution is 5.67. The molecule has 2 rings (SSSR count). The van der Waals surface area contributed by atoms with Gasteiger partial charge in [0.25, 0.3) is 5.69 Å². The van der Waals surface area contributed by atoms with E-state index in [4.69, 9.17) is 10.8 Å². The largest absolute Gasteiger partial charge is 0.502 e. The minimum Gasteiger partial charge on any atom is -0.502 e. The molecule has 0 aliphatic rings. The molecule has 0 saturated heterocycles. The molecule has 3 N–H and O–H groups in total. The van der Waals surface area contributed by atoms with Crippen LogP contribution < -0.4 is 5.73 Å². The van der Waals surface area contributed by atoms with Crippen molar-refractivity contribution in [3.63, 3.8) is 0 Å².